The van der Waals surface area contributed by atoms with Gasteiger partial charge in [-0.05, 0) is 38.5 Å². The molecular formula is C19H18N4OS3. The molecule has 0 fully saturated rings. The lowest BCUT2D eigenvalue weighted by molar-refractivity contribution is -0.113. The predicted molar refractivity (Wildman–Crippen MR) is 114 cm³/mol. The topological polar surface area (TPSA) is 78.7 Å². The summed E-state index contributed by atoms with van der Waals surface area (Å²) < 4.78 is 0. The van der Waals surface area contributed by atoms with Gasteiger partial charge in [0.25, 0.3) is 0 Å². The van der Waals surface area contributed by atoms with Crippen molar-refractivity contribution in [2.45, 2.75) is 30.7 Å². The summed E-state index contributed by atoms with van der Waals surface area (Å²) in [7, 11) is 0. The summed E-state index contributed by atoms with van der Waals surface area (Å²) in [6.07, 6.45) is 0. The Balaban J connectivity index is 1.74. The molecule has 27 heavy (non-hydrogen) atoms. The molecule has 0 aliphatic heterocycles. The molecule has 3 aromatic rings. The zero-order chi connectivity index (χ0) is 19.4. The van der Waals surface area contributed by atoms with E-state index in [-0.39, 0.29) is 11.7 Å². The molecule has 0 atom stereocenters. The number of hydrogen-bond acceptors (Lipinski definition) is 7. The summed E-state index contributed by atoms with van der Waals surface area (Å²) in [4.78, 5) is 24.6. The molecule has 5 nitrogen and oxygen atoms in total. The smallest absolute Gasteiger partial charge is 0.234 e. The molecule has 0 aliphatic rings. The van der Waals surface area contributed by atoms with Crippen molar-refractivity contribution in [2.24, 2.45) is 0 Å². The summed E-state index contributed by atoms with van der Waals surface area (Å²) in [6, 6.07) is 9.62. The van der Waals surface area contributed by atoms with E-state index in [0.29, 0.717) is 11.6 Å². The highest BCUT2D eigenvalue weighted by Crippen LogP contribution is 2.35. The zero-order valence-electron chi connectivity index (χ0n) is 15.2. The minimum Gasteiger partial charge on any atom is -0.324 e. The monoisotopic (exact) mass is 414 g/mol. The first-order valence-electron chi connectivity index (χ1n) is 8.25. The predicted octanol–water partition coefficient (Wildman–Crippen LogP) is 4.96. The molecule has 2 aromatic heterocycles. The molecule has 2 heterocycles. The van der Waals surface area contributed by atoms with E-state index in [1.165, 1.54) is 34.0 Å². The number of anilines is 1. The third-order valence-electron chi connectivity index (χ3n) is 3.90. The number of aromatic nitrogens is 2. The number of hydrogen-bond donors (Lipinski definition) is 1. The molecule has 8 heteroatoms. The number of fused-ring (bicyclic) bond motifs is 1. The quantitative estimate of drug-likeness (QED) is 0.453. The second-order valence-corrected chi connectivity index (χ2v) is 9.00. The third kappa shape index (κ3) is 4.61. The molecule has 1 N–H and O–H groups in total. The zero-order valence-corrected chi connectivity index (χ0v) is 17.6. The molecule has 0 radical (unpaired) electrons. The van der Waals surface area contributed by atoms with Crippen molar-refractivity contribution in [3.8, 4) is 6.07 Å². The molecule has 0 bridgehead atoms. The van der Waals surface area contributed by atoms with Crippen LogP contribution in [0.4, 0.5) is 5.69 Å². The Morgan fingerprint density at radius 2 is 2.00 bits per heavy atom. The van der Waals surface area contributed by atoms with Crippen LogP contribution in [-0.2, 0) is 4.79 Å². The minimum absolute atomic E-state index is 0.0981. The summed E-state index contributed by atoms with van der Waals surface area (Å²) >= 11 is 4.50. The lowest BCUT2D eigenvalue weighted by atomic mass is 10.2. The number of carbonyl (C=O) groups excluding carboxylic acids is 1. The van der Waals surface area contributed by atoms with Crippen molar-refractivity contribution >= 4 is 56.7 Å². The summed E-state index contributed by atoms with van der Waals surface area (Å²) in [5, 5.41) is 13.6. The van der Waals surface area contributed by atoms with Crippen molar-refractivity contribution < 1.29 is 4.79 Å². The van der Waals surface area contributed by atoms with E-state index in [2.05, 4.69) is 35.2 Å². The Kier molecular flexibility index (Phi) is 6.37. The Morgan fingerprint density at radius 3 is 2.78 bits per heavy atom. The molecule has 138 valence electrons. The van der Waals surface area contributed by atoms with Crippen LogP contribution in [0, 0.1) is 32.1 Å². The van der Waals surface area contributed by atoms with Crippen LogP contribution in [0.2, 0.25) is 0 Å². The summed E-state index contributed by atoms with van der Waals surface area (Å²) in [5.41, 5.74) is 1.91. The SMILES string of the molecule is Cc1nc(SCC(=O)Nc2ccccc2SCC#N)c2c(C)c(C)sc2n1. The number of amides is 1. The Hall–Kier alpha value is -2.08. The fourth-order valence-electron chi connectivity index (χ4n) is 2.54. The van der Waals surface area contributed by atoms with Crippen LogP contribution in [0.3, 0.4) is 0 Å². The number of nitriles is 1. The molecular weight excluding hydrogens is 396 g/mol. The van der Waals surface area contributed by atoms with Gasteiger partial charge in [-0.25, -0.2) is 9.97 Å². The van der Waals surface area contributed by atoms with Crippen LogP contribution in [0.1, 0.15) is 16.3 Å². The van der Waals surface area contributed by atoms with Crippen LogP contribution >= 0.6 is 34.9 Å². The first-order valence-corrected chi connectivity index (χ1v) is 11.0. The van der Waals surface area contributed by atoms with Crippen molar-refractivity contribution in [1.29, 1.82) is 5.26 Å². The number of nitrogens with zero attached hydrogens (tertiary/aromatic N) is 3. The molecule has 0 aliphatic carbocycles. The second kappa shape index (κ2) is 8.74. The summed E-state index contributed by atoms with van der Waals surface area (Å²) in [6.45, 7) is 6.02. The maximum Gasteiger partial charge on any atom is 0.234 e. The van der Waals surface area contributed by atoms with Gasteiger partial charge < -0.3 is 5.32 Å². The number of thiophene rings is 1. The highest BCUT2D eigenvalue weighted by atomic mass is 32.2. The Bertz CT molecular complexity index is 1040. The van der Waals surface area contributed by atoms with Gasteiger partial charge in [-0.3, -0.25) is 4.79 Å². The van der Waals surface area contributed by atoms with Crippen LogP contribution in [0.5, 0.6) is 0 Å². The molecule has 0 saturated carbocycles. The maximum atomic E-state index is 12.5. The van der Waals surface area contributed by atoms with E-state index >= 15 is 0 Å². The molecule has 3 rings (SSSR count). The highest BCUT2D eigenvalue weighted by Gasteiger charge is 2.15. The van der Waals surface area contributed by atoms with E-state index in [9.17, 15) is 4.79 Å². The molecule has 0 unspecified atom stereocenters. The van der Waals surface area contributed by atoms with Crippen molar-refractivity contribution in [3.05, 3.63) is 40.5 Å². The standard InChI is InChI=1S/C19H18N4OS3/c1-11-12(2)27-19-17(11)18(21-13(3)22-19)26-10-16(24)23-14-6-4-5-7-15(14)25-9-8-20/h4-7H,9-10H2,1-3H3,(H,23,24). The fraction of sp³-hybridized carbons (Fsp3) is 0.263. The largest absolute Gasteiger partial charge is 0.324 e. The number of para-hydroxylation sites is 1. The fourth-order valence-corrected chi connectivity index (χ4v) is 5.28. The molecule has 0 spiro atoms. The van der Waals surface area contributed by atoms with Crippen molar-refractivity contribution in [3.63, 3.8) is 0 Å². The van der Waals surface area contributed by atoms with Gasteiger partial charge in [0.2, 0.25) is 5.91 Å². The van der Waals surface area contributed by atoms with Gasteiger partial charge in [-0.15, -0.1) is 23.1 Å². The lowest BCUT2D eigenvalue weighted by Crippen LogP contribution is -2.14. The van der Waals surface area contributed by atoms with Gasteiger partial charge in [0.15, 0.2) is 0 Å². The van der Waals surface area contributed by atoms with Crippen LogP contribution < -0.4 is 5.32 Å². The van der Waals surface area contributed by atoms with Crippen LogP contribution in [0.15, 0.2) is 34.2 Å². The van der Waals surface area contributed by atoms with E-state index < -0.39 is 0 Å². The normalized spacial score (nSPS) is 10.7. The molecule has 0 saturated heterocycles. The van der Waals surface area contributed by atoms with Gasteiger partial charge in [0.05, 0.1) is 23.3 Å². The molecule has 1 aromatic carbocycles. The van der Waals surface area contributed by atoms with E-state index in [1.54, 1.807) is 11.3 Å². The lowest BCUT2D eigenvalue weighted by Gasteiger charge is -2.10. The first kappa shape index (κ1) is 19.7. The highest BCUT2D eigenvalue weighted by molar-refractivity contribution is 8.00. The number of benzene rings is 1. The summed E-state index contributed by atoms with van der Waals surface area (Å²) in [5.74, 6) is 1.22. The number of aryl methyl sites for hydroxylation is 3. The minimum atomic E-state index is -0.0981. The van der Waals surface area contributed by atoms with Crippen LogP contribution in [0.25, 0.3) is 10.2 Å². The number of carbonyl (C=O) groups is 1. The average Bonchev–Trinajstić information content (AvgIpc) is 2.92. The van der Waals surface area contributed by atoms with E-state index in [1.807, 2.05) is 31.2 Å². The Morgan fingerprint density at radius 1 is 1.22 bits per heavy atom. The maximum absolute atomic E-state index is 12.5. The average molecular weight is 415 g/mol. The van der Waals surface area contributed by atoms with Crippen molar-refractivity contribution in [2.75, 3.05) is 16.8 Å². The van der Waals surface area contributed by atoms with Gasteiger partial charge in [-0.2, -0.15) is 5.26 Å². The van der Waals surface area contributed by atoms with Gasteiger partial charge in [0, 0.05) is 15.2 Å². The first-order chi connectivity index (χ1) is 13.0. The van der Waals surface area contributed by atoms with Gasteiger partial charge >= 0.3 is 0 Å². The van der Waals surface area contributed by atoms with Crippen LogP contribution in [-0.4, -0.2) is 27.4 Å². The van der Waals surface area contributed by atoms with Gasteiger partial charge in [0.1, 0.15) is 15.7 Å². The molecule has 1 amide bonds. The Labute approximate surface area is 170 Å². The third-order valence-corrected chi connectivity index (χ3v) is 6.92. The second-order valence-electron chi connectivity index (χ2n) is 5.82. The van der Waals surface area contributed by atoms with Gasteiger partial charge in [-0.1, -0.05) is 23.9 Å². The van der Waals surface area contributed by atoms with E-state index in [4.69, 9.17) is 5.26 Å². The number of nitrogens with one attached hydrogen (secondary N) is 1. The van der Waals surface area contributed by atoms with E-state index in [0.717, 1.165) is 25.8 Å². The number of rotatable bonds is 6. The number of thioether (sulfide) groups is 2. The van der Waals surface area contributed by atoms with Crippen molar-refractivity contribution in [1.82, 2.24) is 9.97 Å².